The Kier molecular flexibility index (Phi) is 51.6. The second-order valence-corrected chi connectivity index (χ2v) is 30.1. The average Bonchev–Trinajstić information content (AvgIpc) is 1.68. The van der Waals surface area contributed by atoms with E-state index in [0.717, 1.165) is 5.56 Å². The number of aliphatic hydroxyl groups excluding tert-OH is 1. The number of aliphatic hydroxyl groups is 1. The van der Waals surface area contributed by atoms with Crippen molar-refractivity contribution in [2.45, 2.75) is 173 Å². The summed E-state index contributed by atoms with van der Waals surface area (Å²) in [5.74, 6) is -4.07. The van der Waals surface area contributed by atoms with Crippen molar-refractivity contribution in [3.8, 4) is 0 Å². The normalized spacial score (nSPS) is 21.8. The van der Waals surface area contributed by atoms with Crippen LogP contribution in [0.3, 0.4) is 0 Å². The molecule has 10 rings (SSSR count). The molecule has 6 heterocycles. The van der Waals surface area contributed by atoms with Gasteiger partial charge >= 0.3 is 78.1 Å². The number of rotatable bonds is 28. The maximum absolute atomic E-state index is 12.3. The minimum Gasteiger partial charge on any atom is -0.466 e. The van der Waals surface area contributed by atoms with Crippen LogP contribution in [0.4, 0.5) is 0 Å². The van der Waals surface area contributed by atoms with Crippen LogP contribution in [-0.2, 0) is 62.0 Å². The molecule has 6 aliphatic heterocycles. The van der Waals surface area contributed by atoms with E-state index in [2.05, 4.69) is 48.7 Å². The SMILES string of the molecule is C.C.CCOC(=O)C1=CCN(B(C)O)C1.CCOC(=O)C1CN(B(C)O)CC1=O.CCOC(=O)C1CN(B(C)O)CC1O.CCOC(=O)[C@@H]1CN(B(C)O)C[C@H]1N(Cl)[C@@H](C)c1ccccc1.CCOC(=O)[C@@H]1CN(B(C)O)C[C@H]1N[C@@H](C)c1ccccc1.CCOC(=O)[C@H]1CN(B(C)O)C[C@@H]1N[C@@H](C)c1ccccc1.C[C@@H](N)c1ccccc1. The van der Waals surface area contributed by atoms with Gasteiger partial charge in [-0.15, -0.1) is 0 Å². The van der Waals surface area contributed by atoms with Crippen LogP contribution < -0.4 is 16.4 Å². The summed E-state index contributed by atoms with van der Waals surface area (Å²) in [6.45, 7) is 36.4. The number of hydrogen-bond donors (Lipinski definition) is 10. The van der Waals surface area contributed by atoms with Gasteiger partial charge < -0.3 is 109 Å². The molecule has 5 saturated heterocycles. The van der Waals surface area contributed by atoms with Crippen LogP contribution in [0.5, 0.6) is 0 Å². The molecule has 11 N–H and O–H groups in total. The van der Waals surface area contributed by atoms with Crippen molar-refractivity contribution >= 4 is 95.7 Å². The number of esters is 6. The maximum atomic E-state index is 12.3. The molecule has 30 nitrogen and oxygen atoms in total. The number of ether oxygens (including phenoxy) is 6. The monoisotopic (exact) mass is 1680 g/mol. The highest BCUT2D eigenvalue weighted by Gasteiger charge is 2.47. The van der Waals surface area contributed by atoms with Crippen molar-refractivity contribution in [3.05, 3.63) is 155 Å². The largest absolute Gasteiger partial charge is 0.466 e. The standard InChI is InChI=1S/C16H24BClN2O3.2C16H25BN2O3.C8H16BNO4.C8H14BNO4.C8H14BNO3.C8H11N.2CH4/c1-4-23-16(21)14-10-19(17(3)22)11-15(14)20(18)12(2)13-8-6-5-7-9-13;2*1-4-22-16(20)14-10-19(17(3)21)11-15(14)18-12(2)13-8-6-5-7-9-13;2*1-3-14-8(12)6-4-10(9(2)13)5-7(6)11;1-3-13-8(11)7-4-5-10(6-7)9(2)12;1-7(9)8-5-3-2-4-6-8;;/h5-9,12,14-15,22H,4,10-11H2,1-3H3;2*5-9,12,14-15,18,21H,4,10-11H2,1-3H3;6-7,11,13H,3-5H2,1-2H3;6,13H,3-5H2,1-2H3;4,12H,3,5-6H2,1-2H3;2-7H,9H2,1H3;2*1H4/t2*12-,14+,15+;12-,14-,15-;;;;7-;;/m000...1../s1. The van der Waals surface area contributed by atoms with Gasteiger partial charge in [-0.25, -0.2) is 9.21 Å². The van der Waals surface area contributed by atoms with E-state index in [0.29, 0.717) is 104 Å². The Morgan fingerprint density at radius 1 is 0.437 bits per heavy atom. The lowest BCUT2D eigenvalue weighted by molar-refractivity contribution is -0.151. The van der Waals surface area contributed by atoms with Crippen LogP contribution in [0.15, 0.2) is 133 Å². The van der Waals surface area contributed by atoms with Gasteiger partial charge in [-0.3, -0.25) is 28.8 Å². The summed E-state index contributed by atoms with van der Waals surface area (Å²) in [5, 5.41) is 73.7. The highest BCUT2D eigenvalue weighted by atomic mass is 35.5. The van der Waals surface area contributed by atoms with Crippen molar-refractivity contribution in [2.75, 3.05) is 118 Å². The van der Waals surface area contributed by atoms with Gasteiger partial charge in [0.2, 0.25) is 0 Å². The summed E-state index contributed by atoms with van der Waals surface area (Å²) in [6.07, 6.45) is 1.06. The van der Waals surface area contributed by atoms with E-state index < -0.39 is 66.2 Å². The van der Waals surface area contributed by atoms with Crippen LogP contribution in [0, 0.1) is 29.6 Å². The molecule has 37 heteroatoms. The number of nitrogens with zero attached hydrogens (tertiary/aromatic N) is 7. The van der Waals surface area contributed by atoms with Crippen LogP contribution >= 0.6 is 11.8 Å². The third-order valence-electron chi connectivity index (χ3n) is 20.9. The lowest BCUT2D eigenvalue weighted by Crippen LogP contribution is -2.42. The molecular weight excluding hydrogens is 1550 g/mol. The fourth-order valence-corrected chi connectivity index (χ4v) is 14.3. The summed E-state index contributed by atoms with van der Waals surface area (Å²) in [4.78, 5) is 92.4. The molecule has 6 aliphatic rings. The average molecular weight is 1680 g/mol. The van der Waals surface area contributed by atoms with Gasteiger partial charge in [-0.2, -0.15) is 0 Å². The lowest BCUT2D eigenvalue weighted by atomic mass is 9.85. The second-order valence-electron chi connectivity index (χ2n) is 29.7. The minimum absolute atomic E-state index is 0. The number of ketones is 1. The van der Waals surface area contributed by atoms with E-state index in [1.165, 1.54) is 16.7 Å². The Hall–Kier alpha value is -6.89. The number of benzene rings is 4. The van der Waals surface area contributed by atoms with Crippen molar-refractivity contribution in [2.24, 2.45) is 35.3 Å². The molecule has 0 bridgehead atoms. The Morgan fingerprint density at radius 3 is 1.11 bits per heavy atom. The van der Waals surface area contributed by atoms with E-state index in [-0.39, 0.29) is 130 Å². The predicted octanol–water partition coefficient (Wildman–Crippen LogP) is 5.79. The summed E-state index contributed by atoms with van der Waals surface area (Å²) < 4.78 is 31.7. The van der Waals surface area contributed by atoms with Gasteiger partial charge in [-0.05, 0) is 144 Å². The van der Waals surface area contributed by atoms with E-state index >= 15 is 0 Å². The number of hydrogen-bond acceptors (Lipinski definition) is 30. The first kappa shape index (κ1) is 108. The number of nitrogens with one attached hydrogen (secondary N) is 2. The molecule has 0 spiro atoms. The Bertz CT molecular complexity index is 3500. The molecule has 0 amide bonds. The van der Waals surface area contributed by atoms with Crippen LogP contribution in [-0.4, -0.2) is 295 Å². The minimum atomic E-state index is -0.733. The summed E-state index contributed by atoms with van der Waals surface area (Å²) >= 11 is 6.60. The predicted molar refractivity (Wildman–Crippen MR) is 471 cm³/mol. The zero-order valence-electron chi connectivity index (χ0n) is 71.3. The fraction of sp³-hybridized carbons (Fsp3) is 0.598. The van der Waals surface area contributed by atoms with E-state index in [1.54, 1.807) is 93.6 Å². The summed E-state index contributed by atoms with van der Waals surface area (Å²) in [6, 6.07) is 40.4. The first-order chi connectivity index (χ1) is 55.6. The Morgan fingerprint density at radius 2 is 0.765 bits per heavy atom. The van der Waals surface area contributed by atoms with Crippen LogP contribution in [0.25, 0.3) is 0 Å². The highest BCUT2D eigenvalue weighted by molar-refractivity contribution is 6.47. The zero-order valence-corrected chi connectivity index (χ0v) is 72.1. The van der Waals surface area contributed by atoms with Crippen molar-refractivity contribution in [1.82, 2.24) is 43.9 Å². The number of carbonyl (C=O) groups excluding carboxylic acids is 7. The molecule has 0 aliphatic carbocycles. The number of nitrogens with two attached hydrogens (primary N) is 1. The van der Waals surface area contributed by atoms with Gasteiger partial charge in [0.05, 0.1) is 82.0 Å². The molecule has 0 aromatic heterocycles. The number of Topliss-reactive ketones (excluding diaryl/α,β-unsaturated/α-hetero) is 1. The zero-order chi connectivity index (χ0) is 87.2. The Labute approximate surface area is 715 Å². The third-order valence-corrected chi connectivity index (χ3v) is 21.4. The maximum Gasteiger partial charge on any atom is 0.376 e. The fourth-order valence-electron chi connectivity index (χ4n) is 14.0. The van der Waals surface area contributed by atoms with Crippen LogP contribution in [0.2, 0.25) is 40.9 Å². The molecule has 0 saturated carbocycles. The van der Waals surface area contributed by atoms with Crippen LogP contribution in [0.1, 0.15) is 131 Å². The summed E-state index contributed by atoms with van der Waals surface area (Å²) in [7, 11) is -3.58. The summed E-state index contributed by atoms with van der Waals surface area (Å²) in [5.41, 5.74) is 10.9. The van der Waals surface area contributed by atoms with Crippen molar-refractivity contribution in [3.63, 3.8) is 0 Å². The molecule has 119 heavy (non-hydrogen) atoms. The third kappa shape index (κ3) is 35.8. The quantitative estimate of drug-likeness (QED) is 0.0106. The molecule has 13 atom stereocenters. The van der Waals surface area contributed by atoms with Gasteiger partial charge in [0, 0.05) is 114 Å². The molecule has 4 aromatic rings. The lowest BCUT2D eigenvalue weighted by Gasteiger charge is -2.30. The first-order valence-corrected chi connectivity index (χ1v) is 41.3. The molecule has 0 radical (unpaired) electrons. The number of carbonyl (C=O) groups is 7. The molecule has 5 fully saturated rings. The Balaban J connectivity index is 0.000000478. The van der Waals surface area contributed by atoms with Gasteiger partial charge in [-0.1, -0.05) is 142 Å². The topological polar surface area (TPSA) is 389 Å². The van der Waals surface area contributed by atoms with E-state index in [4.69, 9.17) is 45.9 Å². The molecule has 4 aromatic carbocycles. The van der Waals surface area contributed by atoms with Crippen molar-refractivity contribution in [1.29, 1.82) is 0 Å². The van der Waals surface area contributed by atoms with Gasteiger partial charge in [0.1, 0.15) is 5.92 Å². The molecular formula is C82H137B6ClN10O20. The molecule has 660 valence electrons. The highest BCUT2D eigenvalue weighted by Crippen LogP contribution is 2.33. The molecule has 3 unspecified atom stereocenters. The number of halogens is 1. The van der Waals surface area contributed by atoms with E-state index in [1.807, 2.05) is 139 Å². The second kappa shape index (κ2) is 56.7. The number of β-amino-alcohol motifs (C(OH)–C–C–N with tert-alkyl or cyclic N) is 1. The van der Waals surface area contributed by atoms with E-state index in [9.17, 15) is 68.8 Å². The first-order valence-electron chi connectivity index (χ1n) is 40.9. The van der Waals surface area contributed by atoms with Gasteiger partial charge in [0.25, 0.3) is 0 Å². The van der Waals surface area contributed by atoms with Gasteiger partial charge in [0.15, 0.2) is 5.78 Å². The smallest absolute Gasteiger partial charge is 0.376 e. The van der Waals surface area contributed by atoms with Crippen molar-refractivity contribution < 1.29 is 97.2 Å².